The lowest BCUT2D eigenvalue weighted by atomic mass is 10.1. The van der Waals surface area contributed by atoms with Gasteiger partial charge in [0.15, 0.2) is 5.78 Å². The van der Waals surface area contributed by atoms with E-state index in [1.807, 2.05) is 17.0 Å². The number of hydrogen-bond donors (Lipinski definition) is 2. The molecule has 1 aliphatic heterocycles. The monoisotopic (exact) mass is 447 g/mol. The molecule has 1 fully saturated rings. The number of carbonyl (C=O) groups excluding carboxylic acids is 2. The minimum atomic E-state index is -0.404. The lowest BCUT2D eigenvalue weighted by Crippen LogP contribution is -2.38. The minimum absolute atomic E-state index is 0.0337. The fourth-order valence-corrected chi connectivity index (χ4v) is 3.52. The van der Waals surface area contributed by atoms with Crippen LogP contribution in [0.3, 0.4) is 0 Å². The van der Waals surface area contributed by atoms with Gasteiger partial charge in [-0.1, -0.05) is 0 Å². The van der Waals surface area contributed by atoms with E-state index >= 15 is 0 Å². The maximum absolute atomic E-state index is 12.5. The van der Waals surface area contributed by atoms with Crippen molar-refractivity contribution < 1.29 is 14.3 Å². The second kappa shape index (κ2) is 9.66. The van der Waals surface area contributed by atoms with Crippen molar-refractivity contribution in [1.29, 1.82) is 0 Å². The van der Waals surface area contributed by atoms with Crippen LogP contribution >= 0.6 is 0 Å². The Kier molecular flexibility index (Phi) is 6.50. The largest absolute Gasteiger partial charge is 0.378 e. The zero-order valence-electron chi connectivity index (χ0n) is 18.5. The van der Waals surface area contributed by atoms with Crippen molar-refractivity contribution in [2.24, 2.45) is 7.05 Å². The summed E-state index contributed by atoms with van der Waals surface area (Å²) in [5.41, 5.74) is 2.37. The van der Waals surface area contributed by atoms with Crippen LogP contribution in [0.5, 0.6) is 0 Å². The van der Waals surface area contributed by atoms with Gasteiger partial charge in [0.2, 0.25) is 0 Å². The molecule has 0 atom stereocenters. The van der Waals surface area contributed by atoms with Crippen LogP contribution in [0, 0.1) is 0 Å². The molecule has 0 bridgehead atoms. The maximum atomic E-state index is 12.5. The number of aromatic nitrogens is 2. The molecule has 0 unspecified atom stereocenters. The zero-order chi connectivity index (χ0) is 23.4. The third-order valence-electron chi connectivity index (χ3n) is 5.41. The van der Waals surface area contributed by atoms with Crippen LogP contribution in [0.4, 0.5) is 22.0 Å². The van der Waals surface area contributed by atoms with Crippen LogP contribution in [0.25, 0.3) is 11.4 Å². The van der Waals surface area contributed by atoms with Crippen LogP contribution in [-0.4, -0.2) is 47.7 Å². The smallest absolute Gasteiger partial charge is 0.323 e. The van der Waals surface area contributed by atoms with E-state index in [0.717, 1.165) is 5.56 Å². The Morgan fingerprint density at radius 3 is 2.09 bits per heavy atom. The third kappa shape index (κ3) is 5.27. The summed E-state index contributed by atoms with van der Waals surface area (Å²) in [5, 5.41) is 5.50. The SMILES string of the molecule is CC(=O)c1ccc(NC(=O)Nc2ccc(-c3nc(N4CCOCC4)cc(=O)n3C)cc2)cc1. The number of hydrogen-bond acceptors (Lipinski definition) is 6. The van der Waals surface area contributed by atoms with Crippen LogP contribution in [0.15, 0.2) is 59.4 Å². The molecule has 3 aromatic rings. The molecule has 4 rings (SSSR count). The van der Waals surface area contributed by atoms with Crippen molar-refractivity contribution in [1.82, 2.24) is 9.55 Å². The molecule has 33 heavy (non-hydrogen) atoms. The van der Waals surface area contributed by atoms with Crippen LogP contribution < -0.4 is 21.1 Å². The van der Waals surface area contributed by atoms with E-state index in [9.17, 15) is 14.4 Å². The first-order valence-corrected chi connectivity index (χ1v) is 10.6. The summed E-state index contributed by atoms with van der Waals surface area (Å²) < 4.78 is 6.88. The van der Waals surface area contributed by atoms with Crippen molar-refractivity contribution in [3.63, 3.8) is 0 Å². The number of morpholine rings is 1. The standard InChI is InChI=1S/C24H25N5O4/c1-16(30)17-3-7-19(8-4-17)25-24(32)26-20-9-5-18(6-10-20)23-27-21(15-22(31)28(23)2)29-11-13-33-14-12-29/h3-10,15H,11-14H2,1-2H3,(H2,25,26,32). The molecular formula is C24H25N5O4. The summed E-state index contributed by atoms with van der Waals surface area (Å²) >= 11 is 0. The van der Waals surface area contributed by atoms with E-state index in [1.165, 1.54) is 17.6 Å². The van der Waals surface area contributed by atoms with Gasteiger partial charge in [0.05, 0.1) is 13.2 Å². The van der Waals surface area contributed by atoms with Gasteiger partial charge in [-0.05, 0) is 55.5 Å². The molecule has 170 valence electrons. The molecule has 1 aliphatic rings. The van der Waals surface area contributed by atoms with Crippen molar-refractivity contribution in [3.8, 4) is 11.4 Å². The number of nitrogens with one attached hydrogen (secondary N) is 2. The number of ether oxygens (including phenoxy) is 1. The number of nitrogens with zero attached hydrogens (tertiary/aromatic N) is 3. The van der Waals surface area contributed by atoms with Crippen molar-refractivity contribution >= 4 is 29.0 Å². The second-order valence-electron chi connectivity index (χ2n) is 7.72. The first-order valence-electron chi connectivity index (χ1n) is 10.6. The fraction of sp³-hybridized carbons (Fsp3) is 0.250. The summed E-state index contributed by atoms with van der Waals surface area (Å²) in [6.07, 6.45) is 0. The van der Waals surface area contributed by atoms with E-state index in [0.29, 0.717) is 54.9 Å². The van der Waals surface area contributed by atoms with Crippen molar-refractivity contribution in [2.75, 3.05) is 41.8 Å². The molecule has 2 aromatic carbocycles. The zero-order valence-corrected chi connectivity index (χ0v) is 18.5. The predicted octanol–water partition coefficient (Wildman–Crippen LogP) is 3.13. The van der Waals surface area contributed by atoms with Gasteiger partial charge in [-0.25, -0.2) is 9.78 Å². The molecule has 2 heterocycles. The predicted molar refractivity (Wildman–Crippen MR) is 127 cm³/mol. The Bertz CT molecular complexity index is 1210. The average molecular weight is 447 g/mol. The molecule has 9 heteroatoms. The highest BCUT2D eigenvalue weighted by molar-refractivity contribution is 6.00. The Hall–Kier alpha value is -3.98. The summed E-state index contributed by atoms with van der Waals surface area (Å²) in [7, 11) is 1.69. The summed E-state index contributed by atoms with van der Waals surface area (Å²) in [6.45, 7) is 4.08. The van der Waals surface area contributed by atoms with E-state index in [2.05, 4.69) is 10.6 Å². The normalized spacial score (nSPS) is 13.5. The molecule has 1 saturated heterocycles. The highest BCUT2D eigenvalue weighted by Crippen LogP contribution is 2.21. The number of rotatable bonds is 5. The van der Waals surface area contributed by atoms with Gasteiger partial charge < -0.3 is 20.3 Å². The average Bonchev–Trinajstić information content (AvgIpc) is 2.82. The Morgan fingerprint density at radius 2 is 1.52 bits per heavy atom. The molecule has 2 amide bonds. The lowest BCUT2D eigenvalue weighted by Gasteiger charge is -2.28. The number of ketones is 1. The summed E-state index contributed by atoms with van der Waals surface area (Å²) in [4.78, 5) is 42.9. The van der Waals surface area contributed by atoms with Crippen molar-refractivity contribution in [3.05, 3.63) is 70.5 Å². The number of carbonyl (C=O) groups is 2. The number of urea groups is 1. The molecule has 0 aliphatic carbocycles. The summed E-state index contributed by atoms with van der Waals surface area (Å²) in [5.74, 6) is 1.15. The second-order valence-corrected chi connectivity index (χ2v) is 7.72. The molecular weight excluding hydrogens is 422 g/mol. The van der Waals surface area contributed by atoms with Gasteiger partial charge in [-0.2, -0.15) is 0 Å². The van der Waals surface area contributed by atoms with Crippen LogP contribution in [0.1, 0.15) is 17.3 Å². The highest BCUT2D eigenvalue weighted by atomic mass is 16.5. The van der Waals surface area contributed by atoms with Gasteiger partial charge in [-0.15, -0.1) is 0 Å². The Balaban J connectivity index is 1.46. The Morgan fingerprint density at radius 1 is 0.939 bits per heavy atom. The van der Waals surface area contributed by atoms with E-state index in [-0.39, 0.29) is 11.3 Å². The first kappa shape index (κ1) is 22.2. The van der Waals surface area contributed by atoms with Gasteiger partial charge in [-0.3, -0.25) is 14.2 Å². The van der Waals surface area contributed by atoms with Crippen molar-refractivity contribution in [2.45, 2.75) is 6.92 Å². The lowest BCUT2D eigenvalue weighted by molar-refractivity contribution is 0.101. The topological polar surface area (TPSA) is 106 Å². The Labute approximate surface area is 191 Å². The molecule has 1 aromatic heterocycles. The molecule has 2 N–H and O–H groups in total. The first-order chi connectivity index (χ1) is 15.9. The van der Waals surface area contributed by atoms with Crippen LogP contribution in [-0.2, 0) is 11.8 Å². The van der Waals surface area contributed by atoms with Gasteiger partial charge in [0.25, 0.3) is 5.56 Å². The maximum Gasteiger partial charge on any atom is 0.323 e. The number of Topliss-reactive ketones (excluding diaryl/α,β-unsaturated/α-hetero) is 1. The molecule has 0 spiro atoms. The van der Waals surface area contributed by atoms with Gasteiger partial charge >= 0.3 is 6.03 Å². The van der Waals surface area contributed by atoms with Gasteiger partial charge in [0, 0.05) is 48.7 Å². The van der Waals surface area contributed by atoms with E-state index < -0.39 is 6.03 Å². The van der Waals surface area contributed by atoms with E-state index in [1.54, 1.807) is 43.4 Å². The van der Waals surface area contributed by atoms with Gasteiger partial charge in [0.1, 0.15) is 11.6 Å². The number of benzene rings is 2. The minimum Gasteiger partial charge on any atom is -0.378 e. The molecule has 0 radical (unpaired) electrons. The molecule has 0 saturated carbocycles. The number of amides is 2. The quantitative estimate of drug-likeness (QED) is 0.582. The molecule has 9 nitrogen and oxygen atoms in total. The summed E-state index contributed by atoms with van der Waals surface area (Å²) in [6, 6.07) is 14.9. The third-order valence-corrected chi connectivity index (χ3v) is 5.41. The number of anilines is 3. The van der Waals surface area contributed by atoms with E-state index in [4.69, 9.17) is 9.72 Å². The van der Waals surface area contributed by atoms with Crippen LogP contribution in [0.2, 0.25) is 0 Å². The fourth-order valence-electron chi connectivity index (χ4n) is 3.52. The highest BCUT2D eigenvalue weighted by Gasteiger charge is 2.16.